The Kier molecular flexibility index (Phi) is 11.2. The van der Waals surface area contributed by atoms with Crippen molar-refractivity contribution in [1.29, 1.82) is 0 Å². The first-order valence-corrected chi connectivity index (χ1v) is 24.5. The molecule has 0 spiro atoms. The van der Waals surface area contributed by atoms with Gasteiger partial charge in [0.2, 0.25) is 0 Å². The van der Waals surface area contributed by atoms with Gasteiger partial charge in [0.15, 0.2) is 0 Å². The van der Waals surface area contributed by atoms with Crippen LogP contribution in [0.25, 0.3) is 0 Å². The largest absolute Gasteiger partial charge is 0.393 e. The van der Waals surface area contributed by atoms with E-state index in [1.165, 1.54) is 57.8 Å². The molecule has 10 nitrogen and oxygen atoms in total. The second kappa shape index (κ2) is 15.1. The lowest BCUT2D eigenvalue weighted by atomic mass is 9.62. The van der Waals surface area contributed by atoms with Crippen LogP contribution in [0.3, 0.4) is 0 Å². The van der Waals surface area contributed by atoms with E-state index < -0.39 is 12.2 Å². The van der Waals surface area contributed by atoms with Gasteiger partial charge < -0.3 is 10.2 Å². The quantitative estimate of drug-likeness (QED) is 0.150. The van der Waals surface area contributed by atoms with Crippen LogP contribution in [0.4, 0.5) is 0 Å². The molecule has 4 aliphatic carbocycles. The Hall–Kier alpha value is -0.400. The van der Waals surface area contributed by atoms with Gasteiger partial charge in [-0.25, -0.2) is 0 Å². The van der Waals surface area contributed by atoms with Gasteiger partial charge in [-0.15, -0.1) is 0 Å². The van der Waals surface area contributed by atoms with E-state index in [9.17, 15) is 10.2 Å². The first-order chi connectivity index (χ1) is 27.1. The zero-order chi connectivity index (χ0) is 41.4. The van der Waals surface area contributed by atoms with Crippen LogP contribution in [0.15, 0.2) is 0 Å². The molecule has 0 amide bonds. The van der Waals surface area contributed by atoms with Gasteiger partial charge in [0, 0.05) is 11.8 Å². The number of fused-ring (bicyclic) bond motifs is 20. The molecule has 0 radical (unpaired) electrons. The maximum Gasteiger partial charge on any atom is 0.0657 e. The predicted molar refractivity (Wildman–Crippen MR) is 233 cm³/mol. The molecule has 0 aromatic rings. The Morgan fingerprint density at radius 3 is 0.931 bits per heavy atom. The van der Waals surface area contributed by atoms with E-state index in [0.717, 1.165) is 5.92 Å². The molecule has 58 heavy (non-hydrogen) atoms. The summed E-state index contributed by atoms with van der Waals surface area (Å²) in [6, 6.07) is 0. The fourth-order valence-electron chi connectivity index (χ4n) is 15.5. The van der Waals surface area contributed by atoms with Crippen LogP contribution in [0.2, 0.25) is 0 Å². The van der Waals surface area contributed by atoms with Crippen LogP contribution in [-0.2, 0) is 0 Å². The van der Waals surface area contributed by atoms with Crippen molar-refractivity contribution in [2.45, 2.75) is 209 Å². The maximum atomic E-state index is 12.5. The van der Waals surface area contributed by atoms with E-state index >= 15 is 0 Å². The second-order valence-corrected chi connectivity index (χ2v) is 26.2. The summed E-state index contributed by atoms with van der Waals surface area (Å²) >= 11 is 0. The smallest absolute Gasteiger partial charge is 0.0657 e. The van der Waals surface area contributed by atoms with Crippen molar-refractivity contribution in [3.63, 3.8) is 0 Å². The van der Waals surface area contributed by atoms with E-state index in [-0.39, 0.29) is 83.3 Å². The number of hydrogen-bond donors (Lipinski definition) is 10. The summed E-state index contributed by atoms with van der Waals surface area (Å²) in [5.74, 6) is 5.35. The summed E-state index contributed by atoms with van der Waals surface area (Å²) in [4.78, 5) is 0. The standard InChI is InChI=1S/C48H88N8O2/c1-45(2,3)23-13-16-26-29(19-23)40-49-37(26)51-41-31-21-25(47(7,8)9)15-18-28(31)39(53-41)55-44-34-32(22-33(57)35(36(34)58)48(10,11)12)43(56-44)54-42-30-20-24(46(4,5)6)14-17-27(30)38(50-40)52-42/h23-44,49-58H,13-22H2,1-12H3. The van der Waals surface area contributed by atoms with Gasteiger partial charge in [-0.3, -0.25) is 42.5 Å². The number of nitrogens with one attached hydrogen (secondary N) is 8. The van der Waals surface area contributed by atoms with Crippen molar-refractivity contribution in [2.24, 2.45) is 92.7 Å². The molecule has 0 aromatic carbocycles. The topological polar surface area (TPSA) is 137 Å². The van der Waals surface area contributed by atoms with Crippen LogP contribution in [0.1, 0.15) is 147 Å². The number of aliphatic hydroxyl groups excluding tert-OH is 2. The van der Waals surface area contributed by atoms with Crippen molar-refractivity contribution in [3.8, 4) is 0 Å². The summed E-state index contributed by atoms with van der Waals surface area (Å²) in [6.07, 6.45) is 12.1. The number of hydrogen-bond acceptors (Lipinski definition) is 10. The van der Waals surface area contributed by atoms with Gasteiger partial charge in [0.1, 0.15) is 0 Å². The molecule has 9 rings (SSSR count). The lowest BCUT2D eigenvalue weighted by Gasteiger charge is -2.48. The molecule has 10 heteroatoms. The van der Waals surface area contributed by atoms with Crippen LogP contribution >= 0.6 is 0 Å². The van der Waals surface area contributed by atoms with Gasteiger partial charge in [-0.2, -0.15) is 0 Å². The monoisotopic (exact) mass is 809 g/mol. The molecule has 332 valence electrons. The zero-order valence-corrected chi connectivity index (χ0v) is 38.7. The van der Waals surface area contributed by atoms with Gasteiger partial charge >= 0.3 is 0 Å². The Morgan fingerprint density at radius 1 is 0.328 bits per heavy atom. The van der Waals surface area contributed by atoms with Crippen LogP contribution < -0.4 is 42.5 Å². The fraction of sp³-hybridized carbons (Fsp3) is 1.00. The summed E-state index contributed by atoms with van der Waals surface area (Å²) in [5, 5.41) is 58.5. The normalized spacial score (nSPS) is 52.4. The highest BCUT2D eigenvalue weighted by Gasteiger charge is 2.60. The predicted octanol–water partition coefficient (Wildman–Crippen LogP) is 5.64. The molecular formula is C48H88N8O2. The van der Waals surface area contributed by atoms with Crippen molar-refractivity contribution in [3.05, 3.63) is 0 Å². The molecule has 22 atom stereocenters. The summed E-state index contributed by atoms with van der Waals surface area (Å²) in [6.45, 7) is 28.7. The van der Waals surface area contributed by atoms with E-state index in [2.05, 4.69) is 126 Å². The van der Waals surface area contributed by atoms with Gasteiger partial charge in [0.25, 0.3) is 0 Å². The third-order valence-electron chi connectivity index (χ3n) is 19.0. The van der Waals surface area contributed by atoms with Crippen LogP contribution in [-0.4, -0.2) is 71.7 Å². The van der Waals surface area contributed by atoms with Crippen molar-refractivity contribution < 1.29 is 10.2 Å². The van der Waals surface area contributed by atoms with E-state index in [1.54, 1.807) is 0 Å². The molecule has 5 heterocycles. The number of aliphatic hydroxyl groups is 2. The van der Waals surface area contributed by atoms with Crippen molar-refractivity contribution >= 4 is 0 Å². The van der Waals surface area contributed by atoms with Crippen molar-refractivity contribution in [1.82, 2.24) is 42.5 Å². The molecule has 8 bridgehead atoms. The van der Waals surface area contributed by atoms with E-state index in [4.69, 9.17) is 0 Å². The van der Waals surface area contributed by atoms with Gasteiger partial charge in [0.05, 0.1) is 61.5 Å². The Morgan fingerprint density at radius 2 is 0.621 bits per heavy atom. The minimum Gasteiger partial charge on any atom is -0.393 e. The maximum absolute atomic E-state index is 12.5. The lowest BCUT2D eigenvalue weighted by Crippen LogP contribution is -2.62. The van der Waals surface area contributed by atoms with Crippen LogP contribution in [0, 0.1) is 92.7 Å². The fourth-order valence-corrected chi connectivity index (χ4v) is 15.5. The molecule has 0 aromatic heterocycles. The summed E-state index contributed by atoms with van der Waals surface area (Å²) in [5.41, 5.74) is 0.679. The summed E-state index contributed by atoms with van der Waals surface area (Å²) in [7, 11) is 0. The van der Waals surface area contributed by atoms with Gasteiger partial charge in [-0.05, 0) is 145 Å². The minimum absolute atomic E-state index is 0.00442. The third kappa shape index (κ3) is 7.71. The lowest BCUT2D eigenvalue weighted by molar-refractivity contribution is -0.122. The molecule has 5 aliphatic heterocycles. The molecule has 10 N–H and O–H groups in total. The Bertz CT molecular complexity index is 1470. The highest BCUT2D eigenvalue weighted by molar-refractivity contribution is 5.12. The van der Waals surface area contributed by atoms with Gasteiger partial charge in [-0.1, -0.05) is 83.1 Å². The van der Waals surface area contributed by atoms with E-state index in [1.807, 2.05) is 0 Å². The molecule has 4 saturated carbocycles. The second-order valence-electron chi connectivity index (χ2n) is 26.2. The molecule has 5 saturated heterocycles. The average molecular weight is 809 g/mol. The Balaban J connectivity index is 1.09. The summed E-state index contributed by atoms with van der Waals surface area (Å²) < 4.78 is 0. The molecule has 9 fully saturated rings. The highest BCUT2D eigenvalue weighted by Crippen LogP contribution is 2.53. The third-order valence-corrected chi connectivity index (χ3v) is 19.0. The SMILES string of the molecule is CC(C)(C)C1CCC2C3NC(NC4NC(NC5NC(NC6NC(N3)C3CC(C(C)(C)C)CCC63)C3C(O)C(C(C)(C)C)C(O)CC53)C3CC(C(C)(C)C)CCC43)C2C1. The molecule has 9 aliphatic rings. The number of rotatable bonds is 0. The zero-order valence-electron chi connectivity index (χ0n) is 38.7. The highest BCUT2D eigenvalue weighted by atomic mass is 16.3. The molecule has 22 unspecified atom stereocenters. The minimum atomic E-state index is -0.603. The Labute approximate surface area is 353 Å². The molecular weight excluding hydrogens is 721 g/mol. The first-order valence-electron chi connectivity index (χ1n) is 24.5. The van der Waals surface area contributed by atoms with Crippen LogP contribution in [0.5, 0.6) is 0 Å². The average Bonchev–Trinajstić information content (AvgIpc) is 3.84. The first kappa shape index (κ1) is 42.9. The van der Waals surface area contributed by atoms with Crippen molar-refractivity contribution in [2.75, 3.05) is 0 Å². The van der Waals surface area contributed by atoms with E-state index in [0.29, 0.717) is 59.2 Å².